The van der Waals surface area contributed by atoms with Crippen LogP contribution >= 0.6 is 0 Å². The molecule has 0 fully saturated rings. The Morgan fingerprint density at radius 1 is 1.14 bits per heavy atom. The highest BCUT2D eigenvalue weighted by atomic mass is 32.2. The molecule has 0 atom stereocenters. The van der Waals surface area contributed by atoms with Crippen molar-refractivity contribution in [2.24, 2.45) is 0 Å². The highest BCUT2D eigenvalue weighted by Crippen LogP contribution is 2.24. The Bertz CT molecular complexity index is 801. The van der Waals surface area contributed by atoms with Gasteiger partial charge in [-0.3, -0.25) is 4.72 Å². The molecule has 0 unspecified atom stereocenters. The zero-order chi connectivity index (χ0) is 16.3. The van der Waals surface area contributed by atoms with Crippen molar-refractivity contribution in [2.75, 3.05) is 11.8 Å². The molecule has 0 saturated carbocycles. The van der Waals surface area contributed by atoms with Crippen LogP contribution in [0.25, 0.3) is 0 Å². The first-order valence-corrected chi connectivity index (χ1v) is 7.80. The van der Waals surface area contributed by atoms with Gasteiger partial charge >= 0.3 is 5.97 Å². The van der Waals surface area contributed by atoms with Crippen LogP contribution in [0, 0.1) is 12.7 Å². The largest absolute Gasteiger partial charge is 0.465 e. The van der Waals surface area contributed by atoms with Gasteiger partial charge in [0.15, 0.2) is 0 Å². The van der Waals surface area contributed by atoms with Gasteiger partial charge < -0.3 is 4.74 Å². The SMILES string of the molecule is COC(=O)c1cccc(C)c1NS(=O)(=O)c1ccc(F)cc1. The van der Waals surface area contributed by atoms with Crippen LogP contribution in [-0.2, 0) is 14.8 Å². The van der Waals surface area contributed by atoms with Crippen molar-refractivity contribution in [1.29, 1.82) is 0 Å². The molecule has 1 N–H and O–H groups in total. The fourth-order valence-corrected chi connectivity index (χ4v) is 3.04. The maximum absolute atomic E-state index is 12.9. The van der Waals surface area contributed by atoms with E-state index in [1.54, 1.807) is 19.1 Å². The molecule has 0 aliphatic carbocycles. The molecule has 0 aromatic heterocycles. The van der Waals surface area contributed by atoms with Crippen molar-refractivity contribution in [1.82, 2.24) is 0 Å². The molecular weight excluding hydrogens is 309 g/mol. The summed E-state index contributed by atoms with van der Waals surface area (Å²) in [6.45, 7) is 1.66. The molecule has 22 heavy (non-hydrogen) atoms. The van der Waals surface area contributed by atoms with Gasteiger partial charge in [0.1, 0.15) is 5.82 Å². The number of methoxy groups -OCH3 is 1. The van der Waals surface area contributed by atoms with Crippen molar-refractivity contribution < 1.29 is 22.3 Å². The van der Waals surface area contributed by atoms with Crippen LogP contribution in [0.5, 0.6) is 0 Å². The Hall–Kier alpha value is -2.41. The van der Waals surface area contributed by atoms with E-state index in [1.807, 2.05) is 0 Å². The summed E-state index contributed by atoms with van der Waals surface area (Å²) in [4.78, 5) is 11.6. The third-order valence-corrected chi connectivity index (χ3v) is 4.40. The molecule has 0 aliphatic rings. The van der Waals surface area contributed by atoms with Crippen molar-refractivity contribution in [3.8, 4) is 0 Å². The number of ether oxygens (including phenoxy) is 1. The fraction of sp³-hybridized carbons (Fsp3) is 0.133. The smallest absolute Gasteiger partial charge is 0.340 e. The number of carbonyl (C=O) groups excluding carboxylic acids is 1. The number of hydrogen-bond donors (Lipinski definition) is 1. The van der Waals surface area contributed by atoms with E-state index in [-0.39, 0.29) is 16.1 Å². The molecule has 0 amide bonds. The highest BCUT2D eigenvalue weighted by Gasteiger charge is 2.20. The molecule has 0 saturated heterocycles. The van der Waals surface area contributed by atoms with Crippen LogP contribution < -0.4 is 4.72 Å². The Kier molecular flexibility index (Phi) is 4.46. The lowest BCUT2D eigenvalue weighted by molar-refractivity contribution is 0.0602. The predicted octanol–water partition coefficient (Wildman–Crippen LogP) is 2.72. The summed E-state index contributed by atoms with van der Waals surface area (Å²) in [5.74, 6) is -1.19. The first kappa shape index (κ1) is 16.0. The molecule has 2 rings (SSSR count). The van der Waals surface area contributed by atoms with Crippen LogP contribution in [0.4, 0.5) is 10.1 Å². The predicted molar refractivity (Wildman–Crippen MR) is 79.7 cm³/mol. The van der Waals surface area contributed by atoms with Gasteiger partial charge in [-0.05, 0) is 42.8 Å². The van der Waals surface area contributed by atoms with E-state index in [2.05, 4.69) is 9.46 Å². The number of para-hydroxylation sites is 1. The van der Waals surface area contributed by atoms with Gasteiger partial charge in [-0.15, -0.1) is 0 Å². The number of halogens is 1. The molecule has 0 spiro atoms. The van der Waals surface area contributed by atoms with Gasteiger partial charge in [-0.1, -0.05) is 12.1 Å². The van der Waals surface area contributed by atoms with Crippen LogP contribution in [0.2, 0.25) is 0 Å². The number of hydrogen-bond acceptors (Lipinski definition) is 4. The molecule has 0 heterocycles. The van der Waals surface area contributed by atoms with E-state index in [9.17, 15) is 17.6 Å². The summed E-state index contributed by atoms with van der Waals surface area (Å²) in [6.07, 6.45) is 0. The lowest BCUT2D eigenvalue weighted by Crippen LogP contribution is -2.17. The van der Waals surface area contributed by atoms with Gasteiger partial charge in [0.2, 0.25) is 0 Å². The number of carbonyl (C=O) groups is 1. The van der Waals surface area contributed by atoms with Crippen LogP contribution in [-0.4, -0.2) is 21.5 Å². The quantitative estimate of drug-likeness (QED) is 0.878. The fourth-order valence-electron chi connectivity index (χ4n) is 1.89. The zero-order valence-electron chi connectivity index (χ0n) is 12.0. The number of nitrogens with one attached hydrogen (secondary N) is 1. The minimum absolute atomic E-state index is 0.104. The third-order valence-electron chi connectivity index (χ3n) is 3.04. The minimum atomic E-state index is -3.94. The first-order chi connectivity index (χ1) is 10.3. The van der Waals surface area contributed by atoms with Crippen LogP contribution in [0.15, 0.2) is 47.4 Å². The normalized spacial score (nSPS) is 11.0. The van der Waals surface area contributed by atoms with Gasteiger partial charge in [0.25, 0.3) is 10.0 Å². The molecule has 0 radical (unpaired) electrons. The van der Waals surface area contributed by atoms with E-state index in [0.29, 0.717) is 5.56 Å². The van der Waals surface area contributed by atoms with Crippen molar-refractivity contribution in [2.45, 2.75) is 11.8 Å². The number of benzene rings is 2. The van der Waals surface area contributed by atoms with E-state index in [1.165, 1.54) is 13.2 Å². The van der Waals surface area contributed by atoms with E-state index in [0.717, 1.165) is 24.3 Å². The maximum Gasteiger partial charge on any atom is 0.340 e. The maximum atomic E-state index is 12.9. The second-order valence-electron chi connectivity index (χ2n) is 4.55. The third kappa shape index (κ3) is 3.25. The first-order valence-electron chi connectivity index (χ1n) is 6.31. The monoisotopic (exact) mass is 323 g/mol. The highest BCUT2D eigenvalue weighted by molar-refractivity contribution is 7.92. The number of anilines is 1. The number of aryl methyl sites for hydroxylation is 1. The summed E-state index contributed by atoms with van der Waals surface area (Å²) < 4.78 is 44.6. The Balaban J connectivity index is 2.46. The zero-order valence-corrected chi connectivity index (χ0v) is 12.8. The average molecular weight is 323 g/mol. The van der Waals surface area contributed by atoms with E-state index in [4.69, 9.17) is 0 Å². The number of esters is 1. The summed E-state index contributed by atoms with van der Waals surface area (Å²) in [5.41, 5.74) is 0.806. The Labute approximate surface area is 127 Å². The summed E-state index contributed by atoms with van der Waals surface area (Å²) in [5, 5.41) is 0. The Morgan fingerprint density at radius 3 is 2.36 bits per heavy atom. The van der Waals surface area contributed by atoms with Crippen LogP contribution in [0.1, 0.15) is 15.9 Å². The minimum Gasteiger partial charge on any atom is -0.465 e. The molecule has 0 bridgehead atoms. The standard InChI is InChI=1S/C15H14FNO4S/c1-10-4-3-5-13(15(18)21-2)14(10)17-22(19,20)12-8-6-11(16)7-9-12/h3-9,17H,1-2H3. The van der Waals surface area contributed by atoms with Gasteiger partial charge in [0.05, 0.1) is 23.3 Å². The molecule has 2 aromatic rings. The number of rotatable bonds is 4. The second-order valence-corrected chi connectivity index (χ2v) is 6.23. The molecule has 0 aliphatic heterocycles. The number of sulfonamides is 1. The Morgan fingerprint density at radius 2 is 1.77 bits per heavy atom. The molecule has 116 valence electrons. The van der Waals surface area contributed by atoms with Crippen molar-refractivity contribution in [3.63, 3.8) is 0 Å². The van der Waals surface area contributed by atoms with Gasteiger partial charge in [-0.2, -0.15) is 0 Å². The summed E-state index contributed by atoms with van der Waals surface area (Å²) in [7, 11) is -2.73. The van der Waals surface area contributed by atoms with Gasteiger partial charge in [-0.25, -0.2) is 17.6 Å². The van der Waals surface area contributed by atoms with Crippen molar-refractivity contribution in [3.05, 3.63) is 59.4 Å². The summed E-state index contributed by atoms with van der Waals surface area (Å²) >= 11 is 0. The van der Waals surface area contributed by atoms with Crippen molar-refractivity contribution >= 4 is 21.7 Å². The van der Waals surface area contributed by atoms with Gasteiger partial charge in [0, 0.05) is 0 Å². The average Bonchev–Trinajstić information content (AvgIpc) is 2.49. The lowest BCUT2D eigenvalue weighted by Gasteiger charge is -2.14. The molecule has 5 nitrogen and oxygen atoms in total. The molecular formula is C15H14FNO4S. The van der Waals surface area contributed by atoms with E-state index < -0.39 is 21.8 Å². The second kappa shape index (κ2) is 6.15. The topological polar surface area (TPSA) is 72.5 Å². The molecule has 7 heteroatoms. The molecule has 2 aromatic carbocycles. The van der Waals surface area contributed by atoms with Crippen LogP contribution in [0.3, 0.4) is 0 Å². The summed E-state index contributed by atoms with van der Waals surface area (Å²) in [6, 6.07) is 9.14. The van der Waals surface area contributed by atoms with E-state index >= 15 is 0 Å². The lowest BCUT2D eigenvalue weighted by atomic mass is 10.1.